The van der Waals surface area contributed by atoms with Crippen LogP contribution in [0.4, 0.5) is 0 Å². The number of fused-ring (bicyclic) bond motifs is 1. The van der Waals surface area contributed by atoms with Crippen LogP contribution in [0.3, 0.4) is 0 Å². The van der Waals surface area contributed by atoms with Gasteiger partial charge in [0.25, 0.3) is 0 Å². The second kappa shape index (κ2) is 6.75. The summed E-state index contributed by atoms with van der Waals surface area (Å²) in [6.07, 6.45) is 3.80. The molecule has 0 amide bonds. The lowest BCUT2D eigenvalue weighted by Gasteiger charge is -2.34. The molecule has 29 heavy (non-hydrogen) atoms. The van der Waals surface area contributed by atoms with Gasteiger partial charge in [-0.05, 0) is 41.3 Å². The Morgan fingerprint density at radius 2 is 1.17 bits per heavy atom. The predicted octanol–water partition coefficient (Wildman–Crippen LogP) is 5.94. The van der Waals surface area contributed by atoms with Crippen molar-refractivity contribution in [3.8, 4) is 0 Å². The largest absolute Gasteiger partial charge is 0.474 e. The Hall–Kier alpha value is -3.65. The molecule has 1 aliphatic heterocycles. The molecule has 0 fully saturated rings. The zero-order valence-corrected chi connectivity index (χ0v) is 16.1. The summed E-state index contributed by atoms with van der Waals surface area (Å²) in [6.45, 7) is 1.88. The smallest absolute Gasteiger partial charge is 0.204 e. The summed E-state index contributed by atoms with van der Waals surface area (Å²) in [5.41, 5.74) is 4.90. The summed E-state index contributed by atoms with van der Waals surface area (Å²) in [5.74, 6) is 0.688. The first-order chi connectivity index (χ1) is 14.2. The molecule has 1 aliphatic carbocycles. The van der Waals surface area contributed by atoms with Crippen LogP contribution in [0, 0.1) is 0 Å². The van der Waals surface area contributed by atoms with Gasteiger partial charge in [-0.25, -0.2) is 0 Å². The van der Waals surface area contributed by atoms with Crippen molar-refractivity contribution in [1.29, 1.82) is 0 Å². The third-order valence-electron chi connectivity index (χ3n) is 5.58. The number of benzene rings is 3. The molecule has 0 radical (unpaired) electrons. The number of allylic oxidation sites excluding steroid dienone is 2. The van der Waals surface area contributed by atoms with Crippen LogP contribution in [-0.4, -0.2) is 11.4 Å². The van der Waals surface area contributed by atoms with E-state index in [4.69, 9.17) is 4.74 Å². The van der Waals surface area contributed by atoms with Crippen molar-refractivity contribution >= 4 is 22.7 Å². The maximum absolute atomic E-state index is 13.2. The van der Waals surface area contributed by atoms with E-state index in [1.807, 2.05) is 85.8 Å². The SMILES string of the molecule is CC12OC(c3ccccc3)=CC(c3ccccc3)=C1C(c1ccccc1)=CC2=O. The van der Waals surface area contributed by atoms with Crippen molar-refractivity contribution < 1.29 is 9.53 Å². The van der Waals surface area contributed by atoms with Gasteiger partial charge in [0.15, 0.2) is 5.60 Å². The number of ether oxygens (including phenoxy) is 1. The van der Waals surface area contributed by atoms with Gasteiger partial charge in [0, 0.05) is 11.1 Å². The number of rotatable bonds is 3. The highest BCUT2D eigenvalue weighted by atomic mass is 16.5. The Morgan fingerprint density at radius 3 is 1.76 bits per heavy atom. The Morgan fingerprint density at radius 1 is 0.655 bits per heavy atom. The highest BCUT2D eigenvalue weighted by Crippen LogP contribution is 2.50. The minimum atomic E-state index is -1.05. The Kier molecular flexibility index (Phi) is 4.06. The Bertz CT molecular complexity index is 1170. The van der Waals surface area contributed by atoms with Crippen LogP contribution in [0.25, 0.3) is 16.9 Å². The normalized spacial score (nSPS) is 20.7. The number of carbonyl (C=O) groups is 1. The summed E-state index contributed by atoms with van der Waals surface area (Å²) in [7, 11) is 0. The van der Waals surface area contributed by atoms with E-state index >= 15 is 0 Å². The van der Waals surface area contributed by atoms with Crippen molar-refractivity contribution in [2.24, 2.45) is 0 Å². The van der Waals surface area contributed by atoms with Crippen molar-refractivity contribution in [1.82, 2.24) is 0 Å². The van der Waals surface area contributed by atoms with Crippen LogP contribution in [0.1, 0.15) is 23.6 Å². The van der Waals surface area contributed by atoms with Gasteiger partial charge >= 0.3 is 0 Å². The van der Waals surface area contributed by atoms with E-state index in [9.17, 15) is 4.79 Å². The van der Waals surface area contributed by atoms with Crippen molar-refractivity contribution in [2.45, 2.75) is 12.5 Å². The van der Waals surface area contributed by atoms with Gasteiger partial charge in [0.1, 0.15) is 5.76 Å². The molecule has 5 rings (SSSR count). The summed E-state index contributed by atoms with van der Waals surface area (Å²) < 4.78 is 6.40. The molecule has 1 heterocycles. The number of hydrogen-bond donors (Lipinski definition) is 0. The highest BCUT2D eigenvalue weighted by Gasteiger charge is 2.49. The first kappa shape index (κ1) is 17.4. The summed E-state index contributed by atoms with van der Waals surface area (Å²) in [4.78, 5) is 13.2. The number of ketones is 1. The standard InChI is InChI=1S/C27H20O2/c1-27-25(28)18-23(20-13-7-3-8-14-20)26(27)22(19-11-5-2-6-12-19)17-24(29-27)21-15-9-4-10-16-21/h2-18H,1H3. The van der Waals surface area contributed by atoms with Crippen LogP contribution in [0.2, 0.25) is 0 Å². The number of carbonyl (C=O) groups excluding carboxylic acids is 1. The van der Waals surface area contributed by atoms with Gasteiger partial charge in [-0.1, -0.05) is 91.0 Å². The van der Waals surface area contributed by atoms with E-state index in [2.05, 4.69) is 18.2 Å². The second-order valence-electron chi connectivity index (χ2n) is 7.45. The molecule has 1 atom stereocenters. The molecule has 0 aromatic heterocycles. The van der Waals surface area contributed by atoms with E-state index in [-0.39, 0.29) is 5.78 Å². The fourth-order valence-electron chi connectivity index (χ4n) is 4.11. The molecule has 0 spiro atoms. The average Bonchev–Trinajstić information content (AvgIpc) is 3.05. The molecule has 0 N–H and O–H groups in total. The molecule has 2 heteroatoms. The number of hydrogen-bond acceptors (Lipinski definition) is 2. The fourth-order valence-corrected chi connectivity index (χ4v) is 4.11. The lowest BCUT2D eigenvalue weighted by Crippen LogP contribution is -2.37. The maximum atomic E-state index is 13.2. The van der Waals surface area contributed by atoms with Gasteiger partial charge in [-0.3, -0.25) is 4.79 Å². The molecule has 0 saturated heterocycles. The minimum Gasteiger partial charge on any atom is -0.474 e. The quantitative estimate of drug-likeness (QED) is 0.566. The van der Waals surface area contributed by atoms with Crippen molar-refractivity contribution in [3.63, 3.8) is 0 Å². The first-order valence-corrected chi connectivity index (χ1v) is 9.75. The summed E-state index contributed by atoms with van der Waals surface area (Å²) in [6, 6.07) is 30.2. The Balaban J connectivity index is 1.79. The van der Waals surface area contributed by atoms with Crippen LogP contribution < -0.4 is 0 Å². The van der Waals surface area contributed by atoms with E-state index in [1.54, 1.807) is 6.08 Å². The third kappa shape index (κ3) is 2.85. The van der Waals surface area contributed by atoms with Crippen LogP contribution in [0.5, 0.6) is 0 Å². The van der Waals surface area contributed by atoms with E-state index in [0.717, 1.165) is 33.4 Å². The van der Waals surface area contributed by atoms with E-state index < -0.39 is 5.60 Å². The summed E-state index contributed by atoms with van der Waals surface area (Å²) >= 11 is 0. The minimum absolute atomic E-state index is 0.0266. The molecule has 140 valence electrons. The molecule has 3 aromatic rings. The van der Waals surface area contributed by atoms with Crippen LogP contribution >= 0.6 is 0 Å². The lowest BCUT2D eigenvalue weighted by atomic mass is 9.82. The monoisotopic (exact) mass is 376 g/mol. The van der Waals surface area contributed by atoms with Gasteiger partial charge in [-0.15, -0.1) is 0 Å². The van der Waals surface area contributed by atoms with Crippen molar-refractivity contribution in [3.05, 3.63) is 125 Å². The van der Waals surface area contributed by atoms with Crippen molar-refractivity contribution in [2.75, 3.05) is 0 Å². The fraction of sp³-hybridized carbons (Fsp3) is 0.0741. The van der Waals surface area contributed by atoms with Crippen LogP contribution in [-0.2, 0) is 9.53 Å². The highest BCUT2D eigenvalue weighted by molar-refractivity contribution is 6.19. The zero-order valence-electron chi connectivity index (χ0n) is 16.1. The Labute approximate surface area is 170 Å². The first-order valence-electron chi connectivity index (χ1n) is 9.75. The van der Waals surface area contributed by atoms with Crippen LogP contribution in [0.15, 0.2) is 109 Å². The summed E-state index contributed by atoms with van der Waals surface area (Å²) in [5, 5.41) is 0. The van der Waals surface area contributed by atoms with Gasteiger partial charge in [0.2, 0.25) is 5.78 Å². The van der Waals surface area contributed by atoms with E-state index in [0.29, 0.717) is 5.76 Å². The zero-order chi connectivity index (χ0) is 19.8. The second-order valence-corrected chi connectivity index (χ2v) is 7.45. The van der Waals surface area contributed by atoms with Gasteiger partial charge in [-0.2, -0.15) is 0 Å². The van der Waals surface area contributed by atoms with Gasteiger partial charge < -0.3 is 4.74 Å². The molecule has 0 bridgehead atoms. The molecular formula is C27H20O2. The maximum Gasteiger partial charge on any atom is 0.204 e. The average molecular weight is 376 g/mol. The molecule has 3 aromatic carbocycles. The topological polar surface area (TPSA) is 26.3 Å². The van der Waals surface area contributed by atoms with Gasteiger partial charge in [0.05, 0.1) is 0 Å². The molecule has 1 unspecified atom stereocenters. The molecule has 2 aliphatic rings. The third-order valence-corrected chi connectivity index (χ3v) is 5.58. The lowest BCUT2D eigenvalue weighted by molar-refractivity contribution is -0.126. The molecule has 2 nitrogen and oxygen atoms in total. The predicted molar refractivity (Wildman–Crippen MR) is 117 cm³/mol. The molecular weight excluding hydrogens is 356 g/mol. The molecule has 0 saturated carbocycles. The van der Waals surface area contributed by atoms with E-state index in [1.165, 1.54) is 0 Å².